The first-order valence-corrected chi connectivity index (χ1v) is 6.52. The molecule has 3 heteroatoms. The largest absolute Gasteiger partial charge is 0.392 e. The van der Waals surface area contributed by atoms with E-state index in [1.165, 1.54) is 11.1 Å². The van der Waals surface area contributed by atoms with Gasteiger partial charge in [-0.1, -0.05) is 38.1 Å². The monoisotopic (exact) mass is 249 g/mol. The molecule has 0 amide bonds. The van der Waals surface area contributed by atoms with E-state index in [1.807, 2.05) is 0 Å². The lowest BCUT2D eigenvalue weighted by atomic mass is 9.64. The number of benzene rings is 1. The summed E-state index contributed by atoms with van der Waals surface area (Å²) in [7, 11) is 1.71. The van der Waals surface area contributed by atoms with Crippen molar-refractivity contribution in [1.29, 1.82) is 0 Å². The van der Waals surface area contributed by atoms with Gasteiger partial charge in [0.2, 0.25) is 0 Å². The van der Waals surface area contributed by atoms with Crippen LogP contribution in [-0.4, -0.2) is 24.4 Å². The van der Waals surface area contributed by atoms with Crippen LogP contribution in [0.4, 0.5) is 0 Å². The summed E-state index contributed by atoms with van der Waals surface area (Å²) in [5, 5.41) is 13.2. The molecule has 100 valence electrons. The van der Waals surface area contributed by atoms with Crippen LogP contribution in [0.25, 0.3) is 0 Å². The highest BCUT2D eigenvalue weighted by Crippen LogP contribution is 2.40. The number of methoxy groups -OCH3 is 1. The Balaban J connectivity index is 1.84. The topological polar surface area (TPSA) is 41.5 Å². The molecule has 0 radical (unpaired) electrons. The van der Waals surface area contributed by atoms with Gasteiger partial charge in [-0.2, -0.15) is 0 Å². The molecule has 18 heavy (non-hydrogen) atoms. The third-order valence-electron chi connectivity index (χ3n) is 4.10. The maximum absolute atomic E-state index is 9.68. The Labute approximate surface area is 109 Å². The van der Waals surface area contributed by atoms with E-state index in [-0.39, 0.29) is 11.5 Å². The number of nitrogens with one attached hydrogen (secondary N) is 1. The first-order chi connectivity index (χ1) is 8.54. The molecular weight excluding hydrogens is 226 g/mol. The van der Waals surface area contributed by atoms with Crippen molar-refractivity contribution in [2.75, 3.05) is 7.11 Å². The molecule has 0 aromatic heterocycles. The number of hydrogen-bond donors (Lipinski definition) is 2. The minimum Gasteiger partial charge on any atom is -0.392 e. The number of rotatable bonds is 5. The number of aliphatic hydroxyl groups excluding tert-OH is 1. The molecule has 0 bridgehead atoms. The lowest BCUT2D eigenvalue weighted by Crippen LogP contribution is -2.59. The quantitative estimate of drug-likeness (QED) is 0.839. The van der Waals surface area contributed by atoms with Crippen molar-refractivity contribution in [3.63, 3.8) is 0 Å². The van der Waals surface area contributed by atoms with E-state index >= 15 is 0 Å². The van der Waals surface area contributed by atoms with Gasteiger partial charge in [0.1, 0.15) is 0 Å². The fourth-order valence-electron chi connectivity index (χ4n) is 2.41. The Kier molecular flexibility index (Phi) is 4.05. The van der Waals surface area contributed by atoms with Gasteiger partial charge in [-0.25, -0.2) is 0 Å². The molecule has 0 aliphatic heterocycles. The molecule has 1 saturated carbocycles. The lowest BCUT2D eigenvalue weighted by molar-refractivity contribution is -0.0729. The van der Waals surface area contributed by atoms with Gasteiger partial charge >= 0.3 is 0 Å². The fraction of sp³-hybridized carbons (Fsp3) is 0.600. The van der Waals surface area contributed by atoms with Crippen LogP contribution >= 0.6 is 0 Å². The maximum Gasteiger partial charge on any atom is 0.0713 e. The highest BCUT2D eigenvalue weighted by atomic mass is 16.5. The fourth-order valence-corrected chi connectivity index (χ4v) is 2.41. The summed E-state index contributed by atoms with van der Waals surface area (Å²) in [6, 6.07) is 8.86. The van der Waals surface area contributed by atoms with Crippen LogP contribution in [0.15, 0.2) is 24.3 Å². The molecule has 0 saturated heterocycles. The summed E-state index contributed by atoms with van der Waals surface area (Å²) in [6.07, 6.45) is 0.688. The van der Waals surface area contributed by atoms with Gasteiger partial charge in [-0.05, 0) is 17.5 Å². The van der Waals surface area contributed by atoms with Gasteiger partial charge in [-0.15, -0.1) is 0 Å². The third-order valence-corrected chi connectivity index (χ3v) is 4.10. The number of ether oxygens (including phenoxy) is 1. The second-order valence-corrected chi connectivity index (χ2v) is 5.76. The van der Waals surface area contributed by atoms with E-state index in [1.54, 1.807) is 7.11 Å². The molecule has 2 rings (SSSR count). The summed E-state index contributed by atoms with van der Waals surface area (Å²) >= 11 is 0. The van der Waals surface area contributed by atoms with Crippen LogP contribution in [0.5, 0.6) is 0 Å². The molecule has 1 aromatic carbocycles. The van der Waals surface area contributed by atoms with Crippen molar-refractivity contribution in [2.45, 2.75) is 45.6 Å². The summed E-state index contributed by atoms with van der Waals surface area (Å²) < 4.78 is 5.09. The molecular formula is C15H23NO2. The van der Waals surface area contributed by atoms with Crippen LogP contribution < -0.4 is 5.32 Å². The molecule has 3 nitrogen and oxygen atoms in total. The van der Waals surface area contributed by atoms with E-state index in [2.05, 4.69) is 43.4 Å². The summed E-state index contributed by atoms with van der Waals surface area (Å²) in [6.45, 7) is 5.74. The predicted molar refractivity (Wildman–Crippen MR) is 72.2 cm³/mol. The first kappa shape index (κ1) is 13.5. The zero-order valence-corrected chi connectivity index (χ0v) is 11.4. The zero-order valence-electron chi connectivity index (χ0n) is 11.4. The van der Waals surface area contributed by atoms with Gasteiger partial charge < -0.3 is 15.2 Å². The Morgan fingerprint density at radius 2 is 1.89 bits per heavy atom. The van der Waals surface area contributed by atoms with E-state index in [0.29, 0.717) is 12.6 Å². The second-order valence-electron chi connectivity index (χ2n) is 5.76. The predicted octanol–water partition coefficient (Wildman–Crippen LogP) is 2.08. The van der Waals surface area contributed by atoms with Crippen LogP contribution in [-0.2, 0) is 17.9 Å². The van der Waals surface area contributed by atoms with Crippen LogP contribution in [0.2, 0.25) is 0 Å². The van der Waals surface area contributed by atoms with E-state index in [4.69, 9.17) is 4.74 Å². The van der Waals surface area contributed by atoms with Crippen molar-refractivity contribution in [3.8, 4) is 0 Å². The van der Waals surface area contributed by atoms with Gasteiger partial charge in [0, 0.05) is 25.1 Å². The molecule has 1 aromatic rings. The van der Waals surface area contributed by atoms with Crippen molar-refractivity contribution in [3.05, 3.63) is 35.4 Å². The van der Waals surface area contributed by atoms with Gasteiger partial charge in [0.05, 0.1) is 12.7 Å². The van der Waals surface area contributed by atoms with Crippen molar-refractivity contribution < 1.29 is 9.84 Å². The van der Waals surface area contributed by atoms with E-state index in [0.717, 1.165) is 13.0 Å². The van der Waals surface area contributed by atoms with Gasteiger partial charge in [-0.3, -0.25) is 0 Å². The molecule has 1 aliphatic carbocycles. The minimum atomic E-state index is -0.168. The van der Waals surface area contributed by atoms with Crippen LogP contribution in [0, 0.1) is 5.41 Å². The van der Waals surface area contributed by atoms with E-state index in [9.17, 15) is 5.11 Å². The van der Waals surface area contributed by atoms with Crippen LogP contribution in [0.3, 0.4) is 0 Å². The zero-order chi connectivity index (χ0) is 13.2. The Morgan fingerprint density at radius 3 is 2.39 bits per heavy atom. The van der Waals surface area contributed by atoms with Crippen molar-refractivity contribution in [1.82, 2.24) is 5.32 Å². The Bertz CT molecular complexity index is 386. The Morgan fingerprint density at radius 1 is 1.28 bits per heavy atom. The first-order valence-electron chi connectivity index (χ1n) is 6.52. The maximum atomic E-state index is 9.68. The van der Waals surface area contributed by atoms with Crippen LogP contribution in [0.1, 0.15) is 31.4 Å². The molecule has 0 heterocycles. The van der Waals surface area contributed by atoms with Gasteiger partial charge in [0.25, 0.3) is 0 Å². The molecule has 2 atom stereocenters. The molecule has 2 N–H and O–H groups in total. The lowest BCUT2D eigenvalue weighted by Gasteiger charge is -2.49. The van der Waals surface area contributed by atoms with E-state index < -0.39 is 0 Å². The van der Waals surface area contributed by atoms with Gasteiger partial charge in [0.15, 0.2) is 0 Å². The average molecular weight is 249 g/mol. The highest BCUT2D eigenvalue weighted by molar-refractivity contribution is 5.22. The molecule has 1 fully saturated rings. The summed E-state index contributed by atoms with van der Waals surface area (Å²) in [5.74, 6) is 0. The number of aliphatic hydroxyl groups is 1. The third kappa shape index (κ3) is 2.74. The average Bonchev–Trinajstić information content (AvgIpc) is 2.36. The van der Waals surface area contributed by atoms with Crippen molar-refractivity contribution >= 4 is 0 Å². The Hall–Kier alpha value is -0.900. The highest BCUT2D eigenvalue weighted by Gasteiger charge is 2.46. The SMILES string of the molecule is COCc1ccc(CNC2CC(O)C2(C)C)cc1. The molecule has 2 unspecified atom stereocenters. The summed E-state index contributed by atoms with van der Waals surface area (Å²) in [5.41, 5.74) is 2.46. The summed E-state index contributed by atoms with van der Waals surface area (Å²) in [4.78, 5) is 0. The molecule has 0 spiro atoms. The smallest absolute Gasteiger partial charge is 0.0713 e. The van der Waals surface area contributed by atoms with Crippen molar-refractivity contribution in [2.24, 2.45) is 5.41 Å². The molecule has 1 aliphatic rings. The number of hydrogen-bond acceptors (Lipinski definition) is 3. The second kappa shape index (κ2) is 5.39. The minimum absolute atomic E-state index is 0.00398. The standard InChI is InChI=1S/C15H23NO2/c1-15(2)13(8-14(15)17)16-9-11-4-6-12(7-5-11)10-18-3/h4-7,13-14,16-17H,8-10H2,1-3H3. The normalized spacial score (nSPS) is 25.8.